The third-order valence-electron chi connectivity index (χ3n) is 5.43. The fourth-order valence-electron chi connectivity index (χ4n) is 4.24. The van der Waals surface area contributed by atoms with E-state index in [1.165, 1.54) is 31.6 Å². The van der Waals surface area contributed by atoms with Gasteiger partial charge in [0.25, 0.3) is 0 Å². The summed E-state index contributed by atoms with van der Waals surface area (Å²) in [6.07, 6.45) is 1.32. The molecule has 148 valence electrons. The largest absolute Gasteiger partial charge is 0.311 e. The fraction of sp³-hybridized carbons (Fsp3) is 0.571. The Labute approximate surface area is 160 Å². The first-order chi connectivity index (χ1) is 12.8. The molecule has 1 aliphatic rings. The molecular formula is C21H30F2N4. The van der Waals surface area contributed by atoms with Crippen LogP contribution in [0.5, 0.6) is 0 Å². The number of hydrogen-bond acceptors (Lipinski definition) is 3. The van der Waals surface area contributed by atoms with Gasteiger partial charge in [0.15, 0.2) is 5.82 Å². The maximum Gasteiger partial charge on any atom is 0.151 e. The highest BCUT2D eigenvalue weighted by Crippen LogP contribution is 2.22. The van der Waals surface area contributed by atoms with Crippen molar-refractivity contribution in [1.82, 2.24) is 20.0 Å². The van der Waals surface area contributed by atoms with Crippen molar-refractivity contribution < 1.29 is 8.78 Å². The summed E-state index contributed by atoms with van der Waals surface area (Å²) in [4.78, 5) is 2.53. The number of nitrogens with zero attached hydrogens (tertiary/aromatic N) is 3. The molecule has 0 radical (unpaired) electrons. The molecule has 0 aliphatic carbocycles. The Hall–Kier alpha value is -1.79. The SMILES string of the molecule is Cc1nn(-c2ccc(F)cc2F)c(C)c1CNCCN1C[C@@H](C)C[C@H](C)C1. The van der Waals surface area contributed by atoms with Crippen LogP contribution in [-0.2, 0) is 6.54 Å². The summed E-state index contributed by atoms with van der Waals surface area (Å²) in [5.41, 5.74) is 3.09. The van der Waals surface area contributed by atoms with E-state index in [1.807, 2.05) is 13.8 Å². The van der Waals surface area contributed by atoms with Crippen molar-refractivity contribution in [3.05, 3.63) is 46.8 Å². The van der Waals surface area contributed by atoms with E-state index in [9.17, 15) is 8.78 Å². The van der Waals surface area contributed by atoms with Crippen LogP contribution in [0.4, 0.5) is 8.78 Å². The second-order valence-corrected chi connectivity index (χ2v) is 8.04. The summed E-state index contributed by atoms with van der Waals surface area (Å²) in [5, 5.41) is 7.96. The Bertz CT molecular complexity index is 777. The van der Waals surface area contributed by atoms with Gasteiger partial charge in [-0.15, -0.1) is 0 Å². The molecule has 0 amide bonds. The molecular weight excluding hydrogens is 346 g/mol. The molecule has 3 rings (SSSR count). The Balaban J connectivity index is 1.60. The minimum atomic E-state index is -0.603. The van der Waals surface area contributed by atoms with E-state index in [-0.39, 0.29) is 5.69 Å². The lowest BCUT2D eigenvalue weighted by molar-refractivity contribution is 0.142. The van der Waals surface area contributed by atoms with Gasteiger partial charge in [-0.3, -0.25) is 0 Å². The first kappa shape index (κ1) is 20.0. The van der Waals surface area contributed by atoms with Crippen LogP contribution in [-0.4, -0.2) is 40.9 Å². The van der Waals surface area contributed by atoms with Crippen LogP contribution in [0.3, 0.4) is 0 Å². The zero-order valence-electron chi connectivity index (χ0n) is 16.7. The van der Waals surface area contributed by atoms with Gasteiger partial charge in [0.05, 0.1) is 5.69 Å². The van der Waals surface area contributed by atoms with Crippen molar-refractivity contribution >= 4 is 0 Å². The number of nitrogens with one attached hydrogen (secondary N) is 1. The average molecular weight is 376 g/mol. The highest BCUT2D eigenvalue weighted by atomic mass is 19.1. The van der Waals surface area contributed by atoms with E-state index in [0.717, 1.165) is 47.9 Å². The van der Waals surface area contributed by atoms with Crippen molar-refractivity contribution in [1.29, 1.82) is 0 Å². The molecule has 1 saturated heterocycles. The van der Waals surface area contributed by atoms with Gasteiger partial charge in [0.2, 0.25) is 0 Å². The molecule has 2 heterocycles. The molecule has 2 aromatic rings. The number of hydrogen-bond donors (Lipinski definition) is 1. The first-order valence-corrected chi connectivity index (χ1v) is 9.78. The highest BCUT2D eigenvalue weighted by Gasteiger charge is 2.21. The number of aryl methyl sites for hydroxylation is 1. The fourth-order valence-corrected chi connectivity index (χ4v) is 4.24. The molecule has 1 fully saturated rings. The van der Waals surface area contributed by atoms with Gasteiger partial charge in [0, 0.05) is 50.0 Å². The van der Waals surface area contributed by atoms with E-state index in [4.69, 9.17) is 0 Å². The number of benzene rings is 1. The molecule has 0 unspecified atom stereocenters. The summed E-state index contributed by atoms with van der Waals surface area (Å²) in [6, 6.07) is 3.58. The third kappa shape index (κ3) is 4.74. The Morgan fingerprint density at radius 2 is 1.85 bits per heavy atom. The van der Waals surface area contributed by atoms with Crippen LogP contribution < -0.4 is 5.32 Å². The first-order valence-electron chi connectivity index (χ1n) is 9.78. The Morgan fingerprint density at radius 1 is 1.15 bits per heavy atom. The van der Waals surface area contributed by atoms with Gasteiger partial charge in [-0.1, -0.05) is 13.8 Å². The zero-order valence-corrected chi connectivity index (χ0v) is 16.7. The predicted molar refractivity (Wildman–Crippen MR) is 104 cm³/mol. The molecule has 0 spiro atoms. The average Bonchev–Trinajstić information content (AvgIpc) is 2.85. The van der Waals surface area contributed by atoms with Gasteiger partial charge >= 0.3 is 0 Å². The van der Waals surface area contributed by atoms with E-state index in [1.54, 1.807) is 4.68 Å². The zero-order chi connectivity index (χ0) is 19.6. The van der Waals surface area contributed by atoms with Crippen LogP contribution in [0.15, 0.2) is 18.2 Å². The van der Waals surface area contributed by atoms with E-state index < -0.39 is 11.6 Å². The summed E-state index contributed by atoms with van der Waals surface area (Å²) in [5.74, 6) is 0.346. The second-order valence-electron chi connectivity index (χ2n) is 8.04. The van der Waals surface area contributed by atoms with Gasteiger partial charge in [-0.05, 0) is 44.2 Å². The molecule has 1 aromatic carbocycles. The quantitative estimate of drug-likeness (QED) is 0.778. The Morgan fingerprint density at radius 3 is 2.52 bits per heavy atom. The lowest BCUT2D eigenvalue weighted by atomic mass is 9.92. The summed E-state index contributed by atoms with van der Waals surface area (Å²) in [7, 11) is 0. The molecule has 1 aromatic heterocycles. The van der Waals surface area contributed by atoms with Crippen molar-refractivity contribution in [2.75, 3.05) is 26.2 Å². The van der Waals surface area contributed by atoms with Gasteiger partial charge in [0.1, 0.15) is 11.5 Å². The van der Waals surface area contributed by atoms with Crippen molar-refractivity contribution in [3.8, 4) is 5.69 Å². The van der Waals surface area contributed by atoms with Crippen LogP contribution in [0, 0.1) is 37.3 Å². The Kier molecular flexibility index (Phi) is 6.27. The van der Waals surface area contributed by atoms with E-state index in [0.29, 0.717) is 6.54 Å². The third-order valence-corrected chi connectivity index (χ3v) is 5.43. The number of piperidine rings is 1. The lowest BCUT2D eigenvalue weighted by Crippen LogP contribution is -2.42. The monoisotopic (exact) mass is 376 g/mol. The highest BCUT2D eigenvalue weighted by molar-refractivity contribution is 5.38. The minimum absolute atomic E-state index is 0.277. The van der Waals surface area contributed by atoms with Gasteiger partial charge in [-0.2, -0.15) is 5.10 Å². The van der Waals surface area contributed by atoms with Gasteiger partial charge in [-0.25, -0.2) is 13.5 Å². The number of likely N-dealkylation sites (tertiary alicyclic amines) is 1. The van der Waals surface area contributed by atoms with Crippen molar-refractivity contribution in [3.63, 3.8) is 0 Å². The summed E-state index contributed by atoms with van der Waals surface area (Å²) >= 11 is 0. The van der Waals surface area contributed by atoms with Crippen molar-refractivity contribution in [2.24, 2.45) is 11.8 Å². The van der Waals surface area contributed by atoms with E-state index in [2.05, 4.69) is 29.2 Å². The maximum atomic E-state index is 14.1. The molecule has 1 N–H and O–H groups in total. The smallest absolute Gasteiger partial charge is 0.151 e. The molecule has 1 aliphatic heterocycles. The molecule has 0 saturated carbocycles. The molecule has 0 bridgehead atoms. The summed E-state index contributed by atoms with van der Waals surface area (Å²) in [6.45, 7) is 13.5. The lowest BCUT2D eigenvalue weighted by Gasteiger charge is -2.34. The van der Waals surface area contributed by atoms with Crippen LogP contribution in [0.1, 0.15) is 37.2 Å². The predicted octanol–water partition coefficient (Wildman–Crippen LogP) is 3.83. The number of aromatic nitrogens is 2. The maximum absolute atomic E-state index is 14.1. The summed E-state index contributed by atoms with van der Waals surface area (Å²) < 4.78 is 28.8. The minimum Gasteiger partial charge on any atom is -0.311 e. The van der Waals surface area contributed by atoms with Crippen LogP contribution in [0.2, 0.25) is 0 Å². The molecule has 4 nitrogen and oxygen atoms in total. The van der Waals surface area contributed by atoms with Gasteiger partial charge < -0.3 is 10.2 Å². The molecule has 6 heteroatoms. The molecule has 2 atom stereocenters. The normalized spacial score (nSPS) is 21.0. The van der Waals surface area contributed by atoms with Crippen LogP contribution >= 0.6 is 0 Å². The number of halogens is 2. The van der Waals surface area contributed by atoms with Crippen molar-refractivity contribution in [2.45, 2.75) is 40.7 Å². The second kappa shape index (κ2) is 8.48. The topological polar surface area (TPSA) is 33.1 Å². The molecule has 27 heavy (non-hydrogen) atoms. The standard InChI is InChI=1S/C21H30F2N4/c1-14-9-15(2)13-26(12-14)8-7-24-11-19-16(3)25-27(17(19)4)21-6-5-18(22)10-20(21)23/h5-6,10,14-15,24H,7-9,11-13H2,1-4H3/t14-,15-/m0/s1. The number of rotatable bonds is 6. The van der Waals surface area contributed by atoms with Crippen LogP contribution in [0.25, 0.3) is 5.69 Å². The van der Waals surface area contributed by atoms with E-state index >= 15 is 0 Å².